The van der Waals surface area contributed by atoms with E-state index in [0.29, 0.717) is 41.2 Å². The molecule has 1 atom stereocenters. The molecule has 1 fully saturated rings. The van der Waals surface area contributed by atoms with E-state index in [0.717, 1.165) is 42.4 Å². The minimum atomic E-state index is -0.542. The molecule has 2 aromatic carbocycles. The zero-order valence-electron chi connectivity index (χ0n) is 21.7. The molecule has 1 aliphatic heterocycles. The van der Waals surface area contributed by atoms with Crippen LogP contribution < -0.4 is 11.1 Å². The number of amides is 1. The number of piperidine rings is 1. The van der Waals surface area contributed by atoms with Gasteiger partial charge in [-0.25, -0.2) is 19.0 Å². The first-order valence-corrected chi connectivity index (χ1v) is 12.8. The summed E-state index contributed by atoms with van der Waals surface area (Å²) in [4.78, 5) is 34.5. The van der Waals surface area contributed by atoms with Gasteiger partial charge in [0, 0.05) is 25.2 Å². The van der Waals surface area contributed by atoms with Crippen LogP contribution in [0.2, 0.25) is 0 Å². The maximum absolute atomic E-state index is 14.1. The van der Waals surface area contributed by atoms with Gasteiger partial charge in [0.1, 0.15) is 29.9 Å². The van der Waals surface area contributed by atoms with Crippen LogP contribution in [0.5, 0.6) is 0 Å². The number of halogens is 1. The fraction of sp³-hybridized carbons (Fsp3) is 0.276. The molecular weight excluding hydrogens is 497 g/mol. The molecule has 1 amide bonds. The standard InChI is InChI=1S/C29H30FN7O2/c1-18-5-10-23(24(30)12-18)29(39)32-13-20-6-8-21(9-7-20)26-25-27(31)33-17-34-28(25)37(35-26)22-4-3-11-36(15-22)14-19(2)16-38/h5-10,12,16-17,22H,2-4,11,13-15H2,1H3,(H,32,39)(H2,31,33,34). The third-order valence-electron chi connectivity index (χ3n) is 6.99. The third kappa shape index (κ3) is 5.56. The van der Waals surface area contributed by atoms with Crippen LogP contribution in [-0.2, 0) is 11.3 Å². The molecule has 200 valence electrons. The lowest BCUT2D eigenvalue weighted by atomic mass is 10.1. The Morgan fingerprint density at radius 3 is 2.77 bits per heavy atom. The SMILES string of the molecule is C=C(C=O)CN1CCCC(n2nc(-c3ccc(CNC(=O)c4ccc(C)cc4F)cc3)c3c(N)ncnc32)C1. The fourth-order valence-corrected chi connectivity index (χ4v) is 5.01. The number of aromatic nitrogens is 4. The molecule has 1 aliphatic rings. The second-order valence-corrected chi connectivity index (χ2v) is 9.92. The Labute approximate surface area is 225 Å². The lowest BCUT2D eigenvalue weighted by Gasteiger charge is -2.32. The van der Waals surface area contributed by atoms with Gasteiger partial charge in [-0.2, -0.15) is 5.10 Å². The number of aldehydes is 1. The Morgan fingerprint density at radius 2 is 2.03 bits per heavy atom. The number of anilines is 1. The van der Waals surface area contributed by atoms with E-state index in [9.17, 15) is 14.0 Å². The number of carbonyl (C=O) groups excluding carboxylic acids is 2. The highest BCUT2D eigenvalue weighted by Gasteiger charge is 2.27. The third-order valence-corrected chi connectivity index (χ3v) is 6.99. The molecule has 3 heterocycles. The molecule has 0 bridgehead atoms. The van der Waals surface area contributed by atoms with Crippen LogP contribution >= 0.6 is 0 Å². The predicted molar refractivity (Wildman–Crippen MR) is 147 cm³/mol. The van der Waals surface area contributed by atoms with Crippen molar-refractivity contribution in [2.75, 3.05) is 25.4 Å². The van der Waals surface area contributed by atoms with Crippen LogP contribution in [0.3, 0.4) is 0 Å². The van der Waals surface area contributed by atoms with Gasteiger partial charge in [-0.05, 0) is 55.1 Å². The van der Waals surface area contributed by atoms with Crippen molar-refractivity contribution in [3.8, 4) is 11.3 Å². The first-order valence-electron chi connectivity index (χ1n) is 12.8. The summed E-state index contributed by atoms with van der Waals surface area (Å²) in [6.07, 6.45) is 4.12. The highest BCUT2D eigenvalue weighted by Crippen LogP contribution is 2.34. The van der Waals surface area contributed by atoms with Crippen LogP contribution in [-0.4, -0.2) is 56.5 Å². The molecule has 0 radical (unpaired) electrons. The number of nitrogen functional groups attached to an aromatic ring is 1. The van der Waals surface area contributed by atoms with Gasteiger partial charge in [0.05, 0.1) is 17.0 Å². The van der Waals surface area contributed by atoms with E-state index in [2.05, 4.69) is 26.8 Å². The molecule has 9 nitrogen and oxygen atoms in total. The number of carbonyl (C=O) groups is 2. The Kier molecular flexibility index (Phi) is 7.47. The van der Waals surface area contributed by atoms with Crippen molar-refractivity contribution in [2.24, 2.45) is 0 Å². The van der Waals surface area contributed by atoms with Crippen LogP contribution in [0.15, 0.2) is 60.9 Å². The number of nitrogens with zero attached hydrogens (tertiary/aromatic N) is 5. The molecule has 2 aromatic heterocycles. The van der Waals surface area contributed by atoms with Gasteiger partial charge in [0.15, 0.2) is 5.65 Å². The largest absolute Gasteiger partial charge is 0.383 e. The van der Waals surface area contributed by atoms with Crippen LogP contribution in [0.4, 0.5) is 10.2 Å². The number of aryl methyl sites for hydroxylation is 1. The molecule has 0 aliphatic carbocycles. The van der Waals surface area contributed by atoms with E-state index in [4.69, 9.17) is 10.8 Å². The number of nitrogens with two attached hydrogens (primary N) is 1. The zero-order valence-corrected chi connectivity index (χ0v) is 21.7. The van der Waals surface area contributed by atoms with Crippen molar-refractivity contribution in [1.82, 2.24) is 30.0 Å². The molecule has 1 saturated heterocycles. The van der Waals surface area contributed by atoms with Crippen LogP contribution in [0.25, 0.3) is 22.3 Å². The first-order chi connectivity index (χ1) is 18.8. The summed E-state index contributed by atoms with van der Waals surface area (Å²) in [7, 11) is 0. The Bertz CT molecular complexity index is 1550. The second-order valence-electron chi connectivity index (χ2n) is 9.92. The molecule has 4 aromatic rings. The lowest BCUT2D eigenvalue weighted by Crippen LogP contribution is -2.38. The second kappa shape index (κ2) is 11.1. The van der Waals surface area contributed by atoms with E-state index < -0.39 is 11.7 Å². The van der Waals surface area contributed by atoms with Gasteiger partial charge >= 0.3 is 0 Å². The van der Waals surface area contributed by atoms with Crippen molar-refractivity contribution in [2.45, 2.75) is 32.4 Å². The minimum absolute atomic E-state index is 0.0152. The molecule has 10 heteroatoms. The Balaban J connectivity index is 1.37. The quantitative estimate of drug-likeness (QED) is 0.264. The summed E-state index contributed by atoms with van der Waals surface area (Å²) in [6, 6.07) is 12.2. The summed E-state index contributed by atoms with van der Waals surface area (Å²) >= 11 is 0. The van der Waals surface area contributed by atoms with Crippen molar-refractivity contribution < 1.29 is 14.0 Å². The topological polar surface area (TPSA) is 119 Å². The number of benzene rings is 2. The van der Waals surface area contributed by atoms with Crippen LogP contribution in [0.1, 0.15) is 40.4 Å². The van der Waals surface area contributed by atoms with E-state index in [-0.39, 0.29) is 18.2 Å². The van der Waals surface area contributed by atoms with Crippen molar-refractivity contribution >= 4 is 29.0 Å². The molecule has 0 saturated carbocycles. The summed E-state index contributed by atoms with van der Waals surface area (Å²) in [6.45, 7) is 7.96. The van der Waals surface area contributed by atoms with Gasteiger partial charge in [-0.1, -0.05) is 36.9 Å². The maximum atomic E-state index is 14.1. The maximum Gasteiger partial charge on any atom is 0.254 e. The molecule has 1 unspecified atom stereocenters. The summed E-state index contributed by atoms with van der Waals surface area (Å²) in [5.41, 5.74) is 10.6. The van der Waals surface area contributed by atoms with E-state index in [1.165, 1.54) is 18.5 Å². The Hall–Kier alpha value is -4.44. The van der Waals surface area contributed by atoms with E-state index in [1.807, 2.05) is 28.9 Å². The van der Waals surface area contributed by atoms with Crippen molar-refractivity contribution in [3.05, 3.63) is 83.5 Å². The molecular formula is C29H30FN7O2. The lowest BCUT2D eigenvalue weighted by molar-refractivity contribution is -0.105. The molecule has 5 rings (SSSR count). The number of nitrogens with one attached hydrogen (secondary N) is 1. The summed E-state index contributed by atoms with van der Waals surface area (Å²) < 4.78 is 16.1. The molecule has 3 N–H and O–H groups in total. The van der Waals surface area contributed by atoms with Gasteiger partial charge in [-0.3, -0.25) is 14.5 Å². The van der Waals surface area contributed by atoms with Gasteiger partial charge in [-0.15, -0.1) is 0 Å². The van der Waals surface area contributed by atoms with E-state index in [1.54, 1.807) is 13.0 Å². The monoisotopic (exact) mass is 527 g/mol. The zero-order chi connectivity index (χ0) is 27.5. The summed E-state index contributed by atoms with van der Waals surface area (Å²) in [5, 5.41) is 8.40. The number of hydrogen-bond acceptors (Lipinski definition) is 7. The minimum Gasteiger partial charge on any atom is -0.383 e. The van der Waals surface area contributed by atoms with Crippen molar-refractivity contribution in [3.63, 3.8) is 0 Å². The van der Waals surface area contributed by atoms with Gasteiger partial charge < -0.3 is 11.1 Å². The van der Waals surface area contributed by atoms with Gasteiger partial charge in [0.2, 0.25) is 0 Å². The number of likely N-dealkylation sites (tertiary alicyclic amines) is 1. The normalized spacial score (nSPS) is 15.8. The van der Waals surface area contributed by atoms with Crippen molar-refractivity contribution in [1.29, 1.82) is 0 Å². The van der Waals surface area contributed by atoms with E-state index >= 15 is 0 Å². The summed E-state index contributed by atoms with van der Waals surface area (Å²) in [5.74, 6) is -0.663. The smallest absolute Gasteiger partial charge is 0.254 e. The number of fused-ring (bicyclic) bond motifs is 1. The fourth-order valence-electron chi connectivity index (χ4n) is 5.01. The predicted octanol–water partition coefficient (Wildman–Crippen LogP) is 3.85. The highest BCUT2D eigenvalue weighted by atomic mass is 19.1. The number of rotatable bonds is 8. The van der Waals surface area contributed by atoms with Gasteiger partial charge in [0.25, 0.3) is 5.91 Å². The first kappa shape index (κ1) is 26.2. The average Bonchev–Trinajstić information content (AvgIpc) is 3.33. The molecule has 0 spiro atoms. The Morgan fingerprint density at radius 1 is 1.23 bits per heavy atom. The average molecular weight is 528 g/mol. The highest BCUT2D eigenvalue weighted by molar-refractivity contribution is 5.98. The number of hydrogen-bond donors (Lipinski definition) is 2. The van der Waals surface area contributed by atoms with Crippen LogP contribution in [0, 0.1) is 12.7 Å². The molecule has 39 heavy (non-hydrogen) atoms.